The third-order valence-corrected chi connectivity index (χ3v) is 11.2. The van der Waals surface area contributed by atoms with E-state index in [-0.39, 0.29) is 32.0 Å². The van der Waals surface area contributed by atoms with Crippen LogP contribution in [-0.2, 0) is 32.7 Å². The fourth-order valence-electron chi connectivity index (χ4n) is 6.47. The zero-order valence-electron chi connectivity index (χ0n) is 37.8. The number of hydrogen-bond acceptors (Lipinski definition) is 7. The standard InChI is InChI=1S/C47H90NO8P/c1-6-8-10-12-14-16-18-20-21-22-23-24-25-26-27-28-30-32-34-36-38-40-47(50)56-45(44-55-57(51,52)54-42-41-48(3,4)5)43-53-46(49)39-37-35-33-31-29-19-17-15-13-11-9-7-2/h15,17,22-23,45H,6-14,16,18-21,24-44H2,1-5H3/p+1/b17-15-,23-22-. The van der Waals surface area contributed by atoms with Crippen LogP contribution in [0, 0.1) is 0 Å². The third kappa shape index (κ3) is 43.9. The minimum absolute atomic E-state index is 0.0313. The molecule has 0 aliphatic rings. The second kappa shape index (κ2) is 39.9. The molecule has 0 aliphatic carbocycles. The third-order valence-electron chi connectivity index (χ3n) is 10.2. The largest absolute Gasteiger partial charge is 0.472 e. The maximum absolute atomic E-state index is 12.7. The molecule has 1 N–H and O–H groups in total. The number of ether oxygens (including phenoxy) is 2. The molecule has 0 fully saturated rings. The van der Waals surface area contributed by atoms with Gasteiger partial charge in [0, 0.05) is 12.8 Å². The van der Waals surface area contributed by atoms with Gasteiger partial charge in [-0.15, -0.1) is 0 Å². The molecule has 0 aliphatic heterocycles. The molecule has 2 atom stereocenters. The molecule has 9 nitrogen and oxygen atoms in total. The number of nitrogens with zero attached hydrogens (tertiary/aromatic N) is 1. The number of allylic oxidation sites excluding steroid dienone is 4. The molecule has 0 saturated carbocycles. The number of rotatable bonds is 43. The topological polar surface area (TPSA) is 108 Å². The Morgan fingerprint density at radius 2 is 0.895 bits per heavy atom. The Balaban J connectivity index is 4.26. The van der Waals surface area contributed by atoms with Gasteiger partial charge < -0.3 is 18.9 Å². The van der Waals surface area contributed by atoms with E-state index >= 15 is 0 Å². The number of carbonyl (C=O) groups excluding carboxylic acids is 2. The molecule has 0 bridgehead atoms. The highest BCUT2D eigenvalue weighted by Crippen LogP contribution is 2.43. The molecule has 0 radical (unpaired) electrons. The van der Waals surface area contributed by atoms with Crippen LogP contribution in [0.2, 0.25) is 0 Å². The van der Waals surface area contributed by atoms with E-state index in [2.05, 4.69) is 38.2 Å². The smallest absolute Gasteiger partial charge is 0.462 e. The molecular formula is C47H91NO8P+. The van der Waals surface area contributed by atoms with Crippen LogP contribution in [0.15, 0.2) is 24.3 Å². The van der Waals surface area contributed by atoms with Crippen LogP contribution >= 0.6 is 7.82 Å². The van der Waals surface area contributed by atoms with E-state index in [1.165, 1.54) is 122 Å². The molecule has 0 aromatic carbocycles. The summed E-state index contributed by atoms with van der Waals surface area (Å²) in [5.41, 5.74) is 0. The summed E-state index contributed by atoms with van der Waals surface area (Å²) in [6, 6.07) is 0. The molecule has 0 amide bonds. The summed E-state index contributed by atoms with van der Waals surface area (Å²) in [6.45, 7) is 4.40. The van der Waals surface area contributed by atoms with Crippen molar-refractivity contribution in [2.45, 2.75) is 219 Å². The predicted molar refractivity (Wildman–Crippen MR) is 238 cm³/mol. The molecule has 0 spiro atoms. The number of phosphoric ester groups is 1. The monoisotopic (exact) mass is 829 g/mol. The molecular weight excluding hydrogens is 737 g/mol. The summed E-state index contributed by atoms with van der Waals surface area (Å²) in [5, 5.41) is 0. The van der Waals surface area contributed by atoms with E-state index in [1.807, 2.05) is 21.1 Å². The van der Waals surface area contributed by atoms with Crippen LogP contribution in [0.4, 0.5) is 0 Å². The first-order chi connectivity index (χ1) is 27.5. The van der Waals surface area contributed by atoms with Crippen molar-refractivity contribution in [3.05, 3.63) is 24.3 Å². The van der Waals surface area contributed by atoms with E-state index in [4.69, 9.17) is 18.5 Å². The van der Waals surface area contributed by atoms with Gasteiger partial charge in [-0.3, -0.25) is 18.6 Å². The van der Waals surface area contributed by atoms with Gasteiger partial charge in [0.05, 0.1) is 27.7 Å². The van der Waals surface area contributed by atoms with Crippen LogP contribution in [-0.4, -0.2) is 74.9 Å². The van der Waals surface area contributed by atoms with E-state index < -0.39 is 26.5 Å². The lowest BCUT2D eigenvalue weighted by molar-refractivity contribution is -0.870. The van der Waals surface area contributed by atoms with Gasteiger partial charge in [0.15, 0.2) is 6.10 Å². The van der Waals surface area contributed by atoms with Gasteiger partial charge in [0.25, 0.3) is 0 Å². The maximum atomic E-state index is 12.7. The van der Waals surface area contributed by atoms with Crippen molar-refractivity contribution in [2.75, 3.05) is 47.5 Å². The van der Waals surface area contributed by atoms with Gasteiger partial charge in [0.1, 0.15) is 19.8 Å². The highest BCUT2D eigenvalue weighted by molar-refractivity contribution is 7.47. The summed E-state index contributed by atoms with van der Waals surface area (Å²) >= 11 is 0. The minimum atomic E-state index is -4.37. The van der Waals surface area contributed by atoms with Crippen molar-refractivity contribution >= 4 is 19.8 Å². The second-order valence-corrected chi connectivity index (χ2v) is 18.6. The van der Waals surface area contributed by atoms with Crippen molar-refractivity contribution in [1.82, 2.24) is 0 Å². The van der Waals surface area contributed by atoms with Crippen molar-refractivity contribution < 1.29 is 42.1 Å². The molecule has 0 aromatic rings. The molecule has 10 heteroatoms. The normalized spacial score (nSPS) is 13.7. The maximum Gasteiger partial charge on any atom is 0.472 e. The first-order valence-corrected chi connectivity index (χ1v) is 25.1. The Hall–Kier alpha value is -1.51. The van der Waals surface area contributed by atoms with E-state index in [0.29, 0.717) is 17.4 Å². The van der Waals surface area contributed by atoms with Crippen molar-refractivity contribution in [3.8, 4) is 0 Å². The molecule has 336 valence electrons. The van der Waals surface area contributed by atoms with Gasteiger partial charge >= 0.3 is 19.8 Å². The number of hydrogen-bond donors (Lipinski definition) is 1. The van der Waals surface area contributed by atoms with Gasteiger partial charge in [-0.2, -0.15) is 0 Å². The van der Waals surface area contributed by atoms with Crippen LogP contribution in [0.5, 0.6) is 0 Å². The lowest BCUT2D eigenvalue weighted by Crippen LogP contribution is -2.37. The Labute approximate surface area is 351 Å². The average Bonchev–Trinajstić information content (AvgIpc) is 3.16. The molecule has 0 aromatic heterocycles. The number of esters is 2. The number of likely N-dealkylation sites (N-methyl/N-ethyl adjacent to an activating group) is 1. The Morgan fingerprint density at radius 3 is 1.33 bits per heavy atom. The SMILES string of the molecule is CCCCC/C=C\CCCCCCCC(=O)OCC(COP(=O)(O)OCC[N+](C)(C)C)OC(=O)CCCCCCCCCCC/C=C\CCCCCCCCCC. The van der Waals surface area contributed by atoms with E-state index in [9.17, 15) is 19.0 Å². The number of quaternary nitrogens is 1. The van der Waals surface area contributed by atoms with Crippen molar-refractivity contribution in [1.29, 1.82) is 0 Å². The summed E-state index contributed by atoms with van der Waals surface area (Å²) in [4.78, 5) is 35.4. The van der Waals surface area contributed by atoms with Crippen LogP contribution < -0.4 is 0 Å². The lowest BCUT2D eigenvalue weighted by atomic mass is 10.1. The van der Waals surface area contributed by atoms with Gasteiger partial charge in [-0.25, -0.2) is 4.57 Å². The average molecular weight is 829 g/mol. The zero-order valence-corrected chi connectivity index (χ0v) is 38.7. The molecule has 2 unspecified atom stereocenters. The zero-order chi connectivity index (χ0) is 42.1. The van der Waals surface area contributed by atoms with Gasteiger partial charge in [-0.1, -0.05) is 160 Å². The summed E-state index contributed by atoms with van der Waals surface area (Å²) in [6.07, 6.45) is 43.7. The summed E-state index contributed by atoms with van der Waals surface area (Å²) in [5.74, 6) is -0.806. The lowest BCUT2D eigenvalue weighted by Gasteiger charge is -2.24. The fourth-order valence-corrected chi connectivity index (χ4v) is 7.22. The number of unbranched alkanes of at least 4 members (excludes halogenated alkanes) is 25. The number of phosphoric acid groups is 1. The molecule has 0 rings (SSSR count). The first-order valence-electron chi connectivity index (χ1n) is 23.6. The molecule has 0 heterocycles. The van der Waals surface area contributed by atoms with Gasteiger partial charge in [0.2, 0.25) is 0 Å². The van der Waals surface area contributed by atoms with Crippen LogP contribution in [0.1, 0.15) is 213 Å². The Morgan fingerprint density at radius 1 is 0.526 bits per heavy atom. The van der Waals surface area contributed by atoms with Crippen molar-refractivity contribution in [2.24, 2.45) is 0 Å². The van der Waals surface area contributed by atoms with E-state index in [1.54, 1.807) is 0 Å². The highest BCUT2D eigenvalue weighted by atomic mass is 31.2. The highest BCUT2D eigenvalue weighted by Gasteiger charge is 2.27. The quantitative estimate of drug-likeness (QED) is 0.0213. The fraction of sp³-hybridized carbons (Fsp3) is 0.872. The Bertz CT molecular complexity index is 1030. The van der Waals surface area contributed by atoms with Gasteiger partial charge in [-0.05, 0) is 64.2 Å². The summed E-state index contributed by atoms with van der Waals surface area (Å²) < 4.78 is 34.3. The minimum Gasteiger partial charge on any atom is -0.462 e. The second-order valence-electron chi connectivity index (χ2n) is 17.1. The first kappa shape index (κ1) is 55.5. The summed E-state index contributed by atoms with van der Waals surface area (Å²) in [7, 11) is 1.48. The molecule has 0 saturated heterocycles. The van der Waals surface area contributed by atoms with Crippen LogP contribution in [0.25, 0.3) is 0 Å². The van der Waals surface area contributed by atoms with Crippen LogP contribution in [0.3, 0.4) is 0 Å². The Kier molecular flexibility index (Phi) is 38.9. The predicted octanol–water partition coefficient (Wildman–Crippen LogP) is 13.5. The van der Waals surface area contributed by atoms with E-state index in [0.717, 1.165) is 57.8 Å². The van der Waals surface area contributed by atoms with Crippen molar-refractivity contribution in [3.63, 3.8) is 0 Å². The molecule has 57 heavy (non-hydrogen) atoms. The number of carbonyl (C=O) groups is 2.